The van der Waals surface area contributed by atoms with Crippen molar-refractivity contribution in [2.24, 2.45) is 11.7 Å². The lowest BCUT2D eigenvalue weighted by molar-refractivity contribution is 0.0303. The van der Waals surface area contributed by atoms with Gasteiger partial charge in [0.15, 0.2) is 0 Å². The fraction of sp³-hybridized carbons (Fsp3) is 0.667. The van der Waals surface area contributed by atoms with Crippen molar-refractivity contribution in [1.29, 1.82) is 0 Å². The van der Waals surface area contributed by atoms with Crippen LogP contribution in [0.2, 0.25) is 0 Å². The van der Waals surface area contributed by atoms with Crippen molar-refractivity contribution in [2.75, 3.05) is 46.6 Å². The van der Waals surface area contributed by atoms with Gasteiger partial charge in [0.2, 0.25) is 0 Å². The number of pyridine rings is 1. The molecular formula is C15H25N3O2. The number of hydrogen-bond donors (Lipinski definition) is 1. The normalized spacial score (nSPS) is 23.3. The topological polar surface area (TPSA) is 60.6 Å². The molecule has 0 amide bonds. The highest BCUT2D eigenvalue weighted by atomic mass is 16.5. The minimum atomic E-state index is 0.411. The molecule has 1 aliphatic rings. The van der Waals surface area contributed by atoms with E-state index in [4.69, 9.17) is 15.2 Å². The lowest BCUT2D eigenvalue weighted by atomic mass is 9.96. The minimum absolute atomic E-state index is 0.411. The lowest BCUT2D eigenvalue weighted by Crippen LogP contribution is -2.24. The van der Waals surface area contributed by atoms with Gasteiger partial charge < -0.3 is 15.2 Å². The third kappa shape index (κ3) is 4.24. The Bertz CT molecular complexity index is 375. The van der Waals surface area contributed by atoms with Crippen molar-refractivity contribution in [2.45, 2.75) is 12.5 Å². The molecule has 2 atom stereocenters. The summed E-state index contributed by atoms with van der Waals surface area (Å²) in [5.74, 6) is 0.527. The molecule has 1 aliphatic heterocycles. The van der Waals surface area contributed by atoms with Gasteiger partial charge >= 0.3 is 0 Å². The molecule has 0 aliphatic carbocycles. The number of nitrogens with zero attached hydrogens (tertiary/aromatic N) is 2. The average molecular weight is 279 g/mol. The molecule has 2 unspecified atom stereocenters. The van der Waals surface area contributed by atoms with Gasteiger partial charge in [0.25, 0.3) is 0 Å². The van der Waals surface area contributed by atoms with Gasteiger partial charge in [-0.25, -0.2) is 0 Å². The minimum Gasteiger partial charge on any atom is -0.379 e. The Morgan fingerprint density at radius 3 is 2.95 bits per heavy atom. The quantitative estimate of drug-likeness (QED) is 0.721. The van der Waals surface area contributed by atoms with Gasteiger partial charge in [0.05, 0.1) is 26.4 Å². The Kier molecular flexibility index (Phi) is 6.39. The first-order valence-electron chi connectivity index (χ1n) is 7.28. The molecule has 2 rings (SSSR count). The fourth-order valence-corrected chi connectivity index (χ4v) is 2.82. The van der Waals surface area contributed by atoms with E-state index in [2.05, 4.69) is 23.0 Å². The number of nitrogens with two attached hydrogens (primary N) is 1. The summed E-state index contributed by atoms with van der Waals surface area (Å²) in [6.07, 6.45) is 4.95. The summed E-state index contributed by atoms with van der Waals surface area (Å²) in [7, 11) is 2.17. The van der Waals surface area contributed by atoms with E-state index in [0.29, 0.717) is 38.3 Å². The number of likely N-dealkylation sites (tertiary alicyclic amines) is 1. The lowest BCUT2D eigenvalue weighted by Gasteiger charge is -2.25. The van der Waals surface area contributed by atoms with E-state index in [-0.39, 0.29) is 0 Å². The van der Waals surface area contributed by atoms with Crippen molar-refractivity contribution >= 4 is 0 Å². The van der Waals surface area contributed by atoms with Crippen molar-refractivity contribution < 1.29 is 9.47 Å². The molecule has 5 nitrogen and oxygen atoms in total. The second-order valence-corrected chi connectivity index (χ2v) is 5.24. The second kappa shape index (κ2) is 8.32. The standard InChI is InChI=1S/C15H25N3O2/c1-18-7-4-14(12-20-10-9-19-8-5-16)15(18)13-3-2-6-17-11-13/h2-3,6,11,14-15H,4-5,7-10,12,16H2,1H3. The van der Waals surface area contributed by atoms with Crippen molar-refractivity contribution in [3.63, 3.8) is 0 Å². The maximum Gasteiger partial charge on any atom is 0.0701 e. The molecule has 0 saturated carbocycles. The highest BCUT2D eigenvalue weighted by Crippen LogP contribution is 2.35. The average Bonchev–Trinajstić information content (AvgIpc) is 2.84. The van der Waals surface area contributed by atoms with Crippen LogP contribution in [0.25, 0.3) is 0 Å². The molecule has 1 fully saturated rings. The van der Waals surface area contributed by atoms with Crippen molar-refractivity contribution in [1.82, 2.24) is 9.88 Å². The van der Waals surface area contributed by atoms with Crippen LogP contribution in [0.15, 0.2) is 24.5 Å². The smallest absolute Gasteiger partial charge is 0.0701 e. The molecule has 0 spiro atoms. The number of aromatic nitrogens is 1. The summed E-state index contributed by atoms with van der Waals surface area (Å²) < 4.78 is 11.1. The molecule has 0 radical (unpaired) electrons. The Labute approximate surface area is 121 Å². The molecule has 5 heteroatoms. The van der Waals surface area contributed by atoms with Gasteiger partial charge in [-0.3, -0.25) is 9.88 Å². The van der Waals surface area contributed by atoms with E-state index in [1.54, 1.807) is 0 Å². The molecule has 1 saturated heterocycles. The molecule has 112 valence electrons. The predicted molar refractivity (Wildman–Crippen MR) is 78.4 cm³/mol. The van der Waals surface area contributed by atoms with Crippen LogP contribution in [0.3, 0.4) is 0 Å². The zero-order valence-electron chi connectivity index (χ0n) is 12.2. The monoisotopic (exact) mass is 279 g/mol. The Morgan fingerprint density at radius 2 is 2.20 bits per heavy atom. The fourth-order valence-electron chi connectivity index (χ4n) is 2.82. The second-order valence-electron chi connectivity index (χ2n) is 5.24. The summed E-state index contributed by atoms with van der Waals surface area (Å²) in [6.45, 7) is 4.31. The first-order chi connectivity index (χ1) is 9.83. The Balaban J connectivity index is 1.78. The van der Waals surface area contributed by atoms with Gasteiger partial charge in [-0.2, -0.15) is 0 Å². The third-order valence-electron chi connectivity index (χ3n) is 3.77. The molecule has 2 heterocycles. The van der Waals surface area contributed by atoms with Gasteiger partial charge in [0.1, 0.15) is 0 Å². The zero-order chi connectivity index (χ0) is 14.2. The van der Waals surface area contributed by atoms with Crippen LogP contribution >= 0.6 is 0 Å². The van der Waals surface area contributed by atoms with Crippen LogP contribution in [-0.2, 0) is 9.47 Å². The van der Waals surface area contributed by atoms with Crippen LogP contribution in [0.4, 0.5) is 0 Å². The highest BCUT2D eigenvalue weighted by Gasteiger charge is 2.33. The predicted octanol–water partition coefficient (Wildman–Crippen LogP) is 1.07. The molecule has 0 bridgehead atoms. The number of rotatable bonds is 8. The van der Waals surface area contributed by atoms with Crippen LogP contribution in [0, 0.1) is 5.92 Å². The molecule has 1 aromatic rings. The van der Waals surface area contributed by atoms with E-state index in [0.717, 1.165) is 13.2 Å². The van der Waals surface area contributed by atoms with Crippen LogP contribution in [-0.4, -0.2) is 56.4 Å². The maximum atomic E-state index is 5.75. The van der Waals surface area contributed by atoms with E-state index < -0.39 is 0 Å². The number of ether oxygens (including phenoxy) is 2. The summed E-state index contributed by atoms with van der Waals surface area (Å²) in [6, 6.07) is 4.56. The molecule has 2 N–H and O–H groups in total. The van der Waals surface area contributed by atoms with Crippen molar-refractivity contribution in [3.8, 4) is 0 Å². The van der Waals surface area contributed by atoms with Gasteiger partial charge in [-0.1, -0.05) is 6.07 Å². The van der Waals surface area contributed by atoms with E-state index >= 15 is 0 Å². The summed E-state index contributed by atoms with van der Waals surface area (Å²) >= 11 is 0. The Morgan fingerprint density at radius 1 is 1.35 bits per heavy atom. The van der Waals surface area contributed by atoms with Crippen LogP contribution in [0.5, 0.6) is 0 Å². The molecule has 1 aromatic heterocycles. The summed E-state index contributed by atoms with van der Waals surface area (Å²) in [5, 5.41) is 0. The van der Waals surface area contributed by atoms with Gasteiger partial charge in [-0.05, 0) is 31.6 Å². The van der Waals surface area contributed by atoms with Crippen LogP contribution in [0.1, 0.15) is 18.0 Å². The summed E-state index contributed by atoms with van der Waals surface area (Å²) in [5.41, 5.74) is 6.64. The highest BCUT2D eigenvalue weighted by molar-refractivity contribution is 5.16. The largest absolute Gasteiger partial charge is 0.379 e. The third-order valence-corrected chi connectivity index (χ3v) is 3.77. The first-order valence-corrected chi connectivity index (χ1v) is 7.28. The first kappa shape index (κ1) is 15.4. The molecule has 20 heavy (non-hydrogen) atoms. The van der Waals surface area contributed by atoms with E-state index in [1.807, 2.05) is 18.5 Å². The molecule has 0 aromatic carbocycles. The van der Waals surface area contributed by atoms with E-state index in [1.165, 1.54) is 12.0 Å². The maximum absolute atomic E-state index is 5.75. The van der Waals surface area contributed by atoms with E-state index in [9.17, 15) is 0 Å². The van der Waals surface area contributed by atoms with Crippen LogP contribution < -0.4 is 5.73 Å². The summed E-state index contributed by atoms with van der Waals surface area (Å²) in [4.78, 5) is 6.61. The zero-order valence-corrected chi connectivity index (χ0v) is 12.2. The Hall–Kier alpha value is -1.01. The number of hydrogen-bond acceptors (Lipinski definition) is 5. The SMILES string of the molecule is CN1CCC(COCCOCCN)C1c1cccnc1. The van der Waals surface area contributed by atoms with Crippen molar-refractivity contribution in [3.05, 3.63) is 30.1 Å². The molecular weight excluding hydrogens is 254 g/mol. The van der Waals surface area contributed by atoms with Gasteiger partial charge in [0, 0.05) is 30.9 Å². The van der Waals surface area contributed by atoms with Gasteiger partial charge in [-0.15, -0.1) is 0 Å².